The zero-order valence-electron chi connectivity index (χ0n) is 18.5. The number of benzene rings is 3. The monoisotopic (exact) mass is 461 g/mol. The Bertz CT molecular complexity index is 1240. The van der Waals surface area contributed by atoms with E-state index in [2.05, 4.69) is 10.2 Å². The van der Waals surface area contributed by atoms with Crippen LogP contribution in [0.15, 0.2) is 78.0 Å². The zero-order valence-corrected chi connectivity index (χ0v) is 19.3. The molecule has 0 aliphatic rings. The van der Waals surface area contributed by atoms with Crippen LogP contribution in [0.5, 0.6) is 17.2 Å². The summed E-state index contributed by atoms with van der Waals surface area (Å²) >= 11 is 1.34. The van der Waals surface area contributed by atoms with E-state index in [1.165, 1.54) is 11.8 Å². The number of ketones is 1. The summed E-state index contributed by atoms with van der Waals surface area (Å²) in [6.45, 7) is 0. The standard InChI is InChI=1S/C25H23N3O4S/c1-30-20-11-7-17(8-12-20)23(29)16-33-25-27-26-24(18-5-4-6-22(15-18)32-3)28(25)19-9-13-21(31-2)14-10-19/h4-15H,16H2,1-3H3. The van der Waals surface area contributed by atoms with Crippen LogP contribution in [0.3, 0.4) is 0 Å². The molecule has 0 amide bonds. The normalized spacial score (nSPS) is 10.6. The Labute approximate surface area is 196 Å². The number of hydrogen-bond donors (Lipinski definition) is 0. The minimum Gasteiger partial charge on any atom is -0.497 e. The maximum absolute atomic E-state index is 12.8. The number of methoxy groups -OCH3 is 3. The van der Waals surface area contributed by atoms with Gasteiger partial charge in [-0.25, -0.2) is 0 Å². The van der Waals surface area contributed by atoms with Crippen LogP contribution in [0.25, 0.3) is 17.1 Å². The Morgan fingerprint density at radius 1 is 0.818 bits per heavy atom. The lowest BCUT2D eigenvalue weighted by molar-refractivity contribution is 0.102. The van der Waals surface area contributed by atoms with Gasteiger partial charge in [-0.05, 0) is 60.7 Å². The Morgan fingerprint density at radius 3 is 2.09 bits per heavy atom. The first-order valence-electron chi connectivity index (χ1n) is 10.2. The van der Waals surface area contributed by atoms with E-state index in [1.807, 2.05) is 53.1 Å². The highest BCUT2D eigenvalue weighted by Crippen LogP contribution is 2.30. The van der Waals surface area contributed by atoms with Gasteiger partial charge in [-0.1, -0.05) is 23.9 Å². The van der Waals surface area contributed by atoms with E-state index in [4.69, 9.17) is 14.2 Å². The highest BCUT2D eigenvalue weighted by atomic mass is 32.2. The van der Waals surface area contributed by atoms with E-state index >= 15 is 0 Å². The topological polar surface area (TPSA) is 75.5 Å². The lowest BCUT2D eigenvalue weighted by Crippen LogP contribution is -2.05. The first kappa shape index (κ1) is 22.4. The Kier molecular flexibility index (Phi) is 6.95. The van der Waals surface area contributed by atoms with Gasteiger partial charge >= 0.3 is 0 Å². The molecule has 0 radical (unpaired) electrons. The van der Waals surface area contributed by atoms with E-state index in [0.717, 1.165) is 22.7 Å². The molecule has 168 valence electrons. The van der Waals surface area contributed by atoms with Crippen molar-refractivity contribution in [2.45, 2.75) is 5.16 Å². The fourth-order valence-corrected chi connectivity index (χ4v) is 4.11. The minimum absolute atomic E-state index is 0.00476. The van der Waals surface area contributed by atoms with E-state index in [-0.39, 0.29) is 11.5 Å². The average molecular weight is 462 g/mol. The first-order valence-corrected chi connectivity index (χ1v) is 11.2. The number of aromatic nitrogens is 3. The van der Waals surface area contributed by atoms with Crippen LogP contribution in [0.2, 0.25) is 0 Å². The highest BCUT2D eigenvalue weighted by Gasteiger charge is 2.18. The second-order valence-corrected chi connectivity index (χ2v) is 7.95. The quantitative estimate of drug-likeness (QED) is 0.258. The summed E-state index contributed by atoms with van der Waals surface area (Å²) < 4.78 is 17.8. The summed E-state index contributed by atoms with van der Waals surface area (Å²) in [5.41, 5.74) is 2.33. The van der Waals surface area contributed by atoms with Crippen molar-refractivity contribution in [3.05, 3.63) is 78.4 Å². The van der Waals surface area contributed by atoms with Crippen LogP contribution >= 0.6 is 11.8 Å². The van der Waals surface area contributed by atoms with Crippen molar-refractivity contribution in [1.82, 2.24) is 14.8 Å². The predicted molar refractivity (Wildman–Crippen MR) is 128 cm³/mol. The zero-order chi connectivity index (χ0) is 23.2. The number of hydrogen-bond acceptors (Lipinski definition) is 7. The lowest BCUT2D eigenvalue weighted by Gasteiger charge is -2.11. The summed E-state index contributed by atoms with van der Waals surface area (Å²) in [6.07, 6.45) is 0. The molecule has 0 N–H and O–H groups in total. The molecular formula is C25H23N3O4S. The molecule has 1 heterocycles. The van der Waals surface area contributed by atoms with Gasteiger partial charge in [0.05, 0.1) is 27.1 Å². The maximum atomic E-state index is 12.8. The van der Waals surface area contributed by atoms with E-state index in [9.17, 15) is 4.79 Å². The first-order chi connectivity index (χ1) is 16.1. The van der Waals surface area contributed by atoms with Crippen molar-refractivity contribution in [2.24, 2.45) is 0 Å². The van der Waals surface area contributed by atoms with Gasteiger partial charge < -0.3 is 14.2 Å². The van der Waals surface area contributed by atoms with Crippen molar-refractivity contribution in [3.63, 3.8) is 0 Å². The van der Waals surface area contributed by atoms with Crippen LogP contribution in [-0.4, -0.2) is 47.6 Å². The number of ether oxygens (including phenoxy) is 3. The number of rotatable bonds is 9. The predicted octanol–water partition coefficient (Wildman–Crippen LogP) is 4.94. The van der Waals surface area contributed by atoms with Crippen molar-refractivity contribution in [1.29, 1.82) is 0 Å². The van der Waals surface area contributed by atoms with E-state index < -0.39 is 0 Å². The van der Waals surface area contributed by atoms with Crippen LogP contribution in [0, 0.1) is 0 Å². The molecule has 33 heavy (non-hydrogen) atoms. The van der Waals surface area contributed by atoms with Gasteiger partial charge in [-0.15, -0.1) is 10.2 Å². The SMILES string of the molecule is COc1ccc(C(=O)CSc2nnc(-c3cccc(OC)c3)n2-c2ccc(OC)cc2)cc1. The fraction of sp³-hybridized carbons (Fsp3) is 0.160. The van der Waals surface area contributed by atoms with Gasteiger partial charge in [0.1, 0.15) is 17.2 Å². The van der Waals surface area contributed by atoms with Crippen molar-refractivity contribution in [2.75, 3.05) is 27.1 Å². The van der Waals surface area contributed by atoms with Gasteiger partial charge in [-0.2, -0.15) is 0 Å². The number of carbonyl (C=O) groups is 1. The van der Waals surface area contributed by atoms with Gasteiger partial charge in [0.15, 0.2) is 16.8 Å². The second-order valence-electron chi connectivity index (χ2n) is 7.01. The van der Waals surface area contributed by atoms with Crippen molar-refractivity contribution in [3.8, 4) is 34.3 Å². The Balaban J connectivity index is 1.66. The molecule has 0 saturated carbocycles. The molecule has 4 rings (SSSR count). The third-order valence-corrected chi connectivity index (χ3v) is 5.97. The largest absolute Gasteiger partial charge is 0.497 e. The molecule has 1 aromatic heterocycles. The van der Waals surface area contributed by atoms with Gasteiger partial charge in [0.2, 0.25) is 0 Å². The average Bonchev–Trinajstić information content (AvgIpc) is 3.31. The third-order valence-electron chi connectivity index (χ3n) is 5.04. The van der Waals surface area contributed by atoms with E-state index in [0.29, 0.717) is 22.3 Å². The number of Topliss-reactive ketones (excluding diaryl/α,β-unsaturated/α-hetero) is 1. The molecule has 0 fully saturated rings. The highest BCUT2D eigenvalue weighted by molar-refractivity contribution is 7.99. The smallest absolute Gasteiger partial charge is 0.196 e. The molecule has 4 aromatic rings. The van der Waals surface area contributed by atoms with Crippen molar-refractivity contribution >= 4 is 17.5 Å². The molecule has 0 saturated heterocycles. The fourth-order valence-electron chi connectivity index (χ4n) is 3.27. The number of nitrogens with zero attached hydrogens (tertiary/aromatic N) is 3. The number of thioether (sulfide) groups is 1. The second kappa shape index (κ2) is 10.2. The van der Waals surface area contributed by atoms with Gasteiger partial charge in [0, 0.05) is 16.8 Å². The minimum atomic E-state index is -0.00476. The van der Waals surface area contributed by atoms with Crippen LogP contribution < -0.4 is 14.2 Å². The summed E-state index contributed by atoms with van der Waals surface area (Å²) in [4.78, 5) is 12.8. The molecule has 0 bridgehead atoms. The van der Waals surface area contributed by atoms with Crippen molar-refractivity contribution < 1.29 is 19.0 Å². The molecule has 0 aliphatic heterocycles. The lowest BCUT2D eigenvalue weighted by atomic mass is 10.1. The Morgan fingerprint density at radius 2 is 1.45 bits per heavy atom. The maximum Gasteiger partial charge on any atom is 0.196 e. The molecule has 0 spiro atoms. The van der Waals surface area contributed by atoms with Crippen LogP contribution in [0.1, 0.15) is 10.4 Å². The molecule has 0 atom stereocenters. The molecular weight excluding hydrogens is 438 g/mol. The number of carbonyl (C=O) groups excluding carboxylic acids is 1. The van der Waals surface area contributed by atoms with Gasteiger partial charge in [0.25, 0.3) is 0 Å². The van der Waals surface area contributed by atoms with Crippen LogP contribution in [-0.2, 0) is 0 Å². The van der Waals surface area contributed by atoms with Crippen LogP contribution in [0.4, 0.5) is 0 Å². The third kappa shape index (κ3) is 5.01. The molecule has 7 nitrogen and oxygen atoms in total. The summed E-state index contributed by atoms with van der Waals surface area (Å²) in [7, 11) is 4.85. The summed E-state index contributed by atoms with van der Waals surface area (Å²) in [6, 6.07) is 22.3. The van der Waals surface area contributed by atoms with Gasteiger partial charge in [-0.3, -0.25) is 9.36 Å². The molecule has 3 aromatic carbocycles. The molecule has 0 aliphatic carbocycles. The van der Waals surface area contributed by atoms with E-state index in [1.54, 1.807) is 45.6 Å². The summed E-state index contributed by atoms with van der Waals surface area (Å²) in [5, 5.41) is 9.43. The molecule has 0 unspecified atom stereocenters. The molecule has 8 heteroatoms. The summed E-state index contributed by atoms with van der Waals surface area (Å²) in [5.74, 6) is 3.05. The Hall–Kier alpha value is -3.78.